The number of hydrogen-bond donors (Lipinski definition) is 1. The number of amides is 1. The summed E-state index contributed by atoms with van der Waals surface area (Å²) >= 11 is 6.04. The van der Waals surface area contributed by atoms with Crippen molar-refractivity contribution in [2.45, 2.75) is 6.04 Å². The lowest BCUT2D eigenvalue weighted by molar-refractivity contribution is 0.0923. The topological polar surface area (TPSA) is 58.0 Å². The van der Waals surface area contributed by atoms with Gasteiger partial charge in [-0.15, -0.1) is 0 Å². The van der Waals surface area contributed by atoms with Gasteiger partial charge in [-0.3, -0.25) is 9.69 Å². The molecule has 3 aromatic rings. The van der Waals surface area contributed by atoms with Gasteiger partial charge in [-0.05, 0) is 54.6 Å². The van der Waals surface area contributed by atoms with Gasteiger partial charge in [0.15, 0.2) is 0 Å². The maximum atomic E-state index is 13.3. The molecule has 0 spiro atoms. The van der Waals surface area contributed by atoms with Crippen molar-refractivity contribution in [3.05, 3.63) is 83.0 Å². The number of hydrogen-bond acceptors (Lipinski definition) is 5. The number of ether oxygens (including phenoxy) is 1. The first kappa shape index (κ1) is 22.2. The minimum atomic E-state index is -0.477. The molecule has 1 saturated heterocycles. The van der Waals surface area contributed by atoms with Crippen LogP contribution in [-0.2, 0) is 0 Å². The van der Waals surface area contributed by atoms with Gasteiger partial charge < -0.3 is 19.4 Å². The van der Waals surface area contributed by atoms with Crippen LogP contribution in [-0.4, -0.2) is 50.6 Å². The molecule has 1 aliphatic rings. The van der Waals surface area contributed by atoms with Gasteiger partial charge in [-0.25, -0.2) is 4.39 Å². The van der Waals surface area contributed by atoms with E-state index >= 15 is 0 Å². The van der Waals surface area contributed by atoms with E-state index in [0.29, 0.717) is 6.54 Å². The summed E-state index contributed by atoms with van der Waals surface area (Å²) in [6.07, 6.45) is 1.63. The molecule has 2 aromatic carbocycles. The van der Waals surface area contributed by atoms with Gasteiger partial charge in [-0.1, -0.05) is 11.6 Å². The molecule has 0 radical (unpaired) electrons. The highest BCUT2D eigenvalue weighted by Gasteiger charge is 2.28. The molecule has 1 fully saturated rings. The van der Waals surface area contributed by atoms with Crippen LogP contribution in [0.1, 0.15) is 22.2 Å². The van der Waals surface area contributed by atoms with Crippen molar-refractivity contribution < 1.29 is 18.3 Å². The fourth-order valence-electron chi connectivity index (χ4n) is 3.93. The third kappa shape index (κ3) is 5.06. The maximum Gasteiger partial charge on any atom is 0.252 e. The van der Waals surface area contributed by atoms with Gasteiger partial charge in [0.05, 0.1) is 30.0 Å². The lowest BCUT2D eigenvalue weighted by Gasteiger charge is -2.39. The molecule has 1 aliphatic heterocycles. The van der Waals surface area contributed by atoms with E-state index in [4.69, 9.17) is 20.8 Å². The molecular formula is C24H25ClFN3O3. The summed E-state index contributed by atoms with van der Waals surface area (Å²) in [6.45, 7) is 3.67. The van der Waals surface area contributed by atoms with Crippen molar-refractivity contribution >= 4 is 23.2 Å². The van der Waals surface area contributed by atoms with Crippen LogP contribution < -0.4 is 15.0 Å². The first-order chi connectivity index (χ1) is 15.5. The van der Waals surface area contributed by atoms with Crippen LogP contribution in [0.3, 0.4) is 0 Å². The Labute approximate surface area is 191 Å². The van der Waals surface area contributed by atoms with E-state index in [-0.39, 0.29) is 22.5 Å². The van der Waals surface area contributed by atoms with Gasteiger partial charge in [-0.2, -0.15) is 0 Å². The first-order valence-corrected chi connectivity index (χ1v) is 10.8. The average molecular weight is 458 g/mol. The van der Waals surface area contributed by atoms with E-state index in [0.717, 1.165) is 49.4 Å². The number of methoxy groups -OCH3 is 1. The molecule has 0 bridgehead atoms. The quantitative estimate of drug-likeness (QED) is 0.570. The molecule has 1 unspecified atom stereocenters. The number of carbonyl (C=O) groups excluding carboxylic acids is 1. The smallest absolute Gasteiger partial charge is 0.252 e. The van der Waals surface area contributed by atoms with E-state index in [1.54, 1.807) is 13.4 Å². The third-order valence-corrected chi connectivity index (χ3v) is 6.01. The Kier molecular flexibility index (Phi) is 6.97. The zero-order valence-corrected chi connectivity index (χ0v) is 18.5. The highest BCUT2D eigenvalue weighted by atomic mass is 35.5. The molecule has 1 atom stereocenters. The number of rotatable bonds is 7. The van der Waals surface area contributed by atoms with Crippen LogP contribution in [0.2, 0.25) is 5.02 Å². The molecule has 8 heteroatoms. The second kappa shape index (κ2) is 10.1. The number of carbonyl (C=O) groups is 1. The second-order valence-corrected chi connectivity index (χ2v) is 7.99. The van der Waals surface area contributed by atoms with Crippen LogP contribution in [0.25, 0.3) is 0 Å². The Morgan fingerprint density at radius 2 is 1.91 bits per heavy atom. The molecule has 1 amide bonds. The molecule has 1 aromatic heterocycles. The van der Waals surface area contributed by atoms with E-state index in [1.807, 2.05) is 24.3 Å². The van der Waals surface area contributed by atoms with Crippen LogP contribution in [0, 0.1) is 5.82 Å². The number of nitrogens with one attached hydrogen (secondary N) is 1. The molecule has 2 heterocycles. The molecule has 32 heavy (non-hydrogen) atoms. The Hall–Kier alpha value is -3.03. The Bertz CT molecular complexity index is 1040. The third-order valence-electron chi connectivity index (χ3n) is 5.70. The maximum absolute atomic E-state index is 13.3. The molecule has 6 nitrogen and oxygen atoms in total. The van der Waals surface area contributed by atoms with Gasteiger partial charge in [0, 0.05) is 38.4 Å². The minimum absolute atomic E-state index is 0.0881. The predicted octanol–water partition coefficient (Wildman–Crippen LogP) is 4.37. The van der Waals surface area contributed by atoms with Crippen molar-refractivity contribution in [3.63, 3.8) is 0 Å². The average Bonchev–Trinajstić information content (AvgIpc) is 3.34. The number of anilines is 1. The van der Waals surface area contributed by atoms with Crippen LogP contribution >= 0.6 is 11.6 Å². The van der Waals surface area contributed by atoms with Gasteiger partial charge in [0.25, 0.3) is 5.91 Å². The van der Waals surface area contributed by atoms with Gasteiger partial charge in [0.1, 0.15) is 17.3 Å². The van der Waals surface area contributed by atoms with Crippen molar-refractivity contribution in [3.8, 4) is 5.75 Å². The summed E-state index contributed by atoms with van der Waals surface area (Å²) in [7, 11) is 1.66. The van der Waals surface area contributed by atoms with Crippen molar-refractivity contribution in [1.29, 1.82) is 0 Å². The van der Waals surface area contributed by atoms with Crippen molar-refractivity contribution in [2.24, 2.45) is 0 Å². The normalized spacial score (nSPS) is 15.4. The van der Waals surface area contributed by atoms with Gasteiger partial charge >= 0.3 is 0 Å². The van der Waals surface area contributed by atoms with E-state index in [1.165, 1.54) is 12.1 Å². The lowest BCUT2D eigenvalue weighted by atomic mass is 10.1. The largest absolute Gasteiger partial charge is 0.497 e. The molecule has 168 valence electrons. The van der Waals surface area contributed by atoms with E-state index < -0.39 is 5.82 Å². The summed E-state index contributed by atoms with van der Waals surface area (Å²) < 4.78 is 24.2. The number of furan rings is 1. The monoisotopic (exact) mass is 457 g/mol. The Morgan fingerprint density at radius 3 is 2.53 bits per heavy atom. The fraction of sp³-hybridized carbons (Fsp3) is 0.292. The second-order valence-electron chi connectivity index (χ2n) is 7.59. The van der Waals surface area contributed by atoms with E-state index in [2.05, 4.69) is 27.2 Å². The Balaban J connectivity index is 1.41. The fourth-order valence-corrected chi connectivity index (χ4v) is 4.19. The molecule has 0 aliphatic carbocycles. The van der Waals surface area contributed by atoms with Crippen LogP contribution in [0.5, 0.6) is 5.75 Å². The minimum Gasteiger partial charge on any atom is -0.497 e. The zero-order valence-electron chi connectivity index (χ0n) is 17.8. The number of piperazine rings is 1. The lowest BCUT2D eigenvalue weighted by Crippen LogP contribution is -2.49. The first-order valence-electron chi connectivity index (χ1n) is 10.4. The molecule has 1 N–H and O–H groups in total. The summed E-state index contributed by atoms with van der Waals surface area (Å²) in [5, 5.41) is 3.01. The SMILES string of the molecule is COc1ccc(N2CCN(C(CNC(=O)c3ccc(F)cc3Cl)c3ccco3)CC2)cc1. The molecule has 0 saturated carbocycles. The molecule has 4 rings (SSSR count). The van der Waals surface area contributed by atoms with Crippen LogP contribution in [0.15, 0.2) is 65.3 Å². The van der Waals surface area contributed by atoms with Gasteiger partial charge in [0.2, 0.25) is 0 Å². The predicted molar refractivity (Wildman–Crippen MR) is 122 cm³/mol. The van der Waals surface area contributed by atoms with E-state index in [9.17, 15) is 9.18 Å². The summed E-state index contributed by atoms with van der Waals surface area (Å²) in [5.41, 5.74) is 1.40. The van der Waals surface area contributed by atoms with Crippen molar-refractivity contribution in [1.82, 2.24) is 10.2 Å². The Morgan fingerprint density at radius 1 is 1.16 bits per heavy atom. The summed E-state index contributed by atoms with van der Waals surface area (Å²) in [6, 6.07) is 15.4. The summed E-state index contributed by atoms with van der Waals surface area (Å²) in [5.74, 6) is 0.800. The number of nitrogens with zero attached hydrogens (tertiary/aromatic N) is 2. The van der Waals surface area contributed by atoms with Crippen LogP contribution in [0.4, 0.5) is 10.1 Å². The highest BCUT2D eigenvalue weighted by molar-refractivity contribution is 6.33. The molecular weight excluding hydrogens is 433 g/mol. The summed E-state index contributed by atoms with van der Waals surface area (Å²) in [4.78, 5) is 17.3. The van der Waals surface area contributed by atoms with Crippen molar-refractivity contribution in [2.75, 3.05) is 44.7 Å². The standard InChI is InChI=1S/C24H25ClFN3O3/c1-31-19-7-5-18(6-8-19)28-10-12-29(13-11-28)22(23-3-2-14-32-23)16-27-24(30)20-9-4-17(26)15-21(20)25/h2-9,14-15,22H,10-13,16H2,1H3,(H,27,30). The highest BCUT2D eigenvalue weighted by Crippen LogP contribution is 2.26. The number of halogens is 2. The zero-order chi connectivity index (χ0) is 22.5. The number of benzene rings is 2.